The third-order valence-electron chi connectivity index (χ3n) is 7.19. The van der Waals surface area contributed by atoms with E-state index in [2.05, 4.69) is 20.1 Å². The van der Waals surface area contributed by atoms with Crippen molar-refractivity contribution in [3.8, 4) is 5.75 Å². The second-order valence-corrected chi connectivity index (χ2v) is 9.53. The predicted molar refractivity (Wildman–Crippen MR) is 135 cm³/mol. The Morgan fingerprint density at radius 3 is 2.67 bits per heavy atom. The number of rotatable bonds is 5. The number of anilines is 2. The van der Waals surface area contributed by atoms with Crippen molar-refractivity contribution < 1.29 is 19.0 Å². The molecule has 2 N–H and O–H groups in total. The smallest absolute Gasteiger partial charge is 0.259 e. The zero-order valence-electron chi connectivity index (χ0n) is 20.4. The van der Waals surface area contributed by atoms with Gasteiger partial charge in [0.2, 0.25) is 5.56 Å². The molecule has 2 aromatic heterocycles. The topological polar surface area (TPSA) is 109 Å². The Morgan fingerprint density at radius 1 is 1.14 bits per heavy atom. The molecule has 1 amide bonds. The number of methoxy groups -OCH3 is 1. The van der Waals surface area contributed by atoms with Crippen LogP contribution in [0.5, 0.6) is 5.75 Å². The Kier molecular flexibility index (Phi) is 5.87. The van der Waals surface area contributed by atoms with Crippen molar-refractivity contribution in [2.75, 3.05) is 56.8 Å². The van der Waals surface area contributed by atoms with Crippen molar-refractivity contribution >= 4 is 28.3 Å². The number of nitrogens with zero attached hydrogens (tertiary/aromatic N) is 3. The van der Waals surface area contributed by atoms with E-state index in [-0.39, 0.29) is 11.5 Å². The molecular weight excluding hydrogens is 462 g/mol. The van der Waals surface area contributed by atoms with Crippen LogP contribution in [-0.2, 0) is 22.6 Å². The number of H-pyrrole nitrogens is 1. The van der Waals surface area contributed by atoms with E-state index in [4.69, 9.17) is 19.2 Å². The fraction of sp³-hybridized carbons (Fsp3) is 0.423. The maximum Gasteiger partial charge on any atom is 0.259 e. The van der Waals surface area contributed by atoms with Gasteiger partial charge in [-0.15, -0.1) is 0 Å². The maximum absolute atomic E-state index is 13.7. The summed E-state index contributed by atoms with van der Waals surface area (Å²) in [6, 6.07) is 7.51. The molecule has 0 aliphatic carbocycles. The molecule has 3 aliphatic rings. The number of ether oxygens (including phenoxy) is 3. The Balaban J connectivity index is 1.36. The number of fused-ring (bicyclic) bond motifs is 2. The summed E-state index contributed by atoms with van der Waals surface area (Å²) in [5.41, 5.74) is 4.43. The molecule has 6 rings (SSSR count). The van der Waals surface area contributed by atoms with Gasteiger partial charge in [-0.05, 0) is 30.2 Å². The number of pyridine rings is 2. The Labute approximate surface area is 208 Å². The number of hydrogen-bond acceptors (Lipinski definition) is 8. The standard InChI is InChI=1S/C26H29N5O5/c1-15-7-23(32)29-24-19(15)9-17(10-22(24)34-2)27-26(33)20-8-16-11-31(18-13-36-14-18)12-21(16)28-25(20)30-3-5-35-6-4-30/h7-10,18H,3-6,11-14H2,1-2H3,(H,27,33)(H,29,32). The number of aromatic nitrogens is 2. The lowest BCUT2D eigenvalue weighted by Crippen LogP contribution is -2.46. The molecule has 10 nitrogen and oxygen atoms in total. The predicted octanol–water partition coefficient (Wildman–Crippen LogP) is 2.04. The molecule has 1 aromatic carbocycles. The van der Waals surface area contributed by atoms with Crippen molar-refractivity contribution in [2.45, 2.75) is 26.1 Å². The second-order valence-electron chi connectivity index (χ2n) is 9.53. The summed E-state index contributed by atoms with van der Waals surface area (Å²) in [5.74, 6) is 0.942. The highest BCUT2D eigenvalue weighted by Crippen LogP contribution is 2.33. The number of carbonyl (C=O) groups is 1. The van der Waals surface area contributed by atoms with Crippen LogP contribution in [0.4, 0.5) is 11.5 Å². The van der Waals surface area contributed by atoms with E-state index < -0.39 is 0 Å². The molecule has 10 heteroatoms. The van der Waals surface area contributed by atoms with Crippen molar-refractivity contribution in [3.63, 3.8) is 0 Å². The first-order valence-electron chi connectivity index (χ1n) is 12.2. The number of nitrogens with one attached hydrogen (secondary N) is 2. The Bertz CT molecular complexity index is 1390. The van der Waals surface area contributed by atoms with Crippen LogP contribution < -0.4 is 20.5 Å². The number of hydrogen-bond donors (Lipinski definition) is 2. The molecule has 0 unspecified atom stereocenters. The average molecular weight is 492 g/mol. The van der Waals surface area contributed by atoms with E-state index in [0.29, 0.717) is 60.7 Å². The van der Waals surface area contributed by atoms with Crippen molar-refractivity contribution in [2.24, 2.45) is 0 Å². The zero-order chi connectivity index (χ0) is 24.8. The van der Waals surface area contributed by atoms with Crippen molar-refractivity contribution in [3.05, 3.63) is 57.0 Å². The van der Waals surface area contributed by atoms with Gasteiger partial charge in [-0.2, -0.15) is 0 Å². The molecule has 36 heavy (non-hydrogen) atoms. The fourth-order valence-electron chi connectivity index (χ4n) is 5.12. The highest BCUT2D eigenvalue weighted by Gasteiger charge is 2.33. The van der Waals surface area contributed by atoms with Crippen LogP contribution in [0.2, 0.25) is 0 Å². The zero-order valence-corrected chi connectivity index (χ0v) is 20.4. The van der Waals surface area contributed by atoms with E-state index in [9.17, 15) is 9.59 Å². The SMILES string of the molecule is COc1cc(NC(=O)c2cc3c(nc2N2CCOCC2)CN(C2COC2)C3)cc2c(C)cc(=O)[nH]c12. The minimum atomic E-state index is -0.235. The third-order valence-corrected chi connectivity index (χ3v) is 7.19. The molecule has 0 spiro atoms. The van der Waals surface area contributed by atoms with Crippen LogP contribution in [-0.4, -0.2) is 73.4 Å². The minimum Gasteiger partial charge on any atom is -0.494 e. The van der Waals surface area contributed by atoms with Gasteiger partial charge in [0.25, 0.3) is 5.91 Å². The lowest BCUT2D eigenvalue weighted by Gasteiger charge is -2.34. The number of aryl methyl sites for hydroxylation is 1. The van der Waals surface area contributed by atoms with Crippen LogP contribution in [0.15, 0.2) is 29.1 Å². The van der Waals surface area contributed by atoms with Gasteiger partial charge in [0.1, 0.15) is 11.6 Å². The number of morpholine rings is 1. The van der Waals surface area contributed by atoms with Gasteiger partial charge < -0.3 is 29.4 Å². The van der Waals surface area contributed by atoms with Crippen molar-refractivity contribution in [1.29, 1.82) is 0 Å². The molecule has 0 atom stereocenters. The van der Waals surface area contributed by atoms with Gasteiger partial charge in [0.15, 0.2) is 0 Å². The van der Waals surface area contributed by atoms with Crippen LogP contribution in [0.1, 0.15) is 27.2 Å². The largest absolute Gasteiger partial charge is 0.494 e. The molecule has 3 aliphatic heterocycles. The molecule has 0 radical (unpaired) electrons. The number of carbonyl (C=O) groups excluding carboxylic acids is 1. The summed E-state index contributed by atoms with van der Waals surface area (Å²) in [7, 11) is 1.54. The van der Waals surface area contributed by atoms with Gasteiger partial charge in [-0.1, -0.05) is 0 Å². The highest BCUT2D eigenvalue weighted by atomic mass is 16.5. The lowest BCUT2D eigenvalue weighted by atomic mass is 10.1. The van der Waals surface area contributed by atoms with E-state index in [1.165, 1.54) is 6.07 Å². The fourth-order valence-corrected chi connectivity index (χ4v) is 5.12. The van der Waals surface area contributed by atoms with Crippen LogP contribution in [0.3, 0.4) is 0 Å². The summed E-state index contributed by atoms with van der Waals surface area (Å²) in [5, 5.41) is 3.86. The quantitative estimate of drug-likeness (QED) is 0.558. The lowest BCUT2D eigenvalue weighted by molar-refractivity contribution is -0.0671. The molecule has 0 bridgehead atoms. The van der Waals surface area contributed by atoms with E-state index in [0.717, 1.165) is 48.5 Å². The summed E-state index contributed by atoms with van der Waals surface area (Å²) in [6.07, 6.45) is 0. The van der Waals surface area contributed by atoms with E-state index in [1.54, 1.807) is 13.2 Å². The second kappa shape index (κ2) is 9.20. The van der Waals surface area contributed by atoms with Crippen molar-refractivity contribution in [1.82, 2.24) is 14.9 Å². The molecule has 188 valence electrons. The molecular formula is C26H29N5O5. The van der Waals surface area contributed by atoms with E-state index >= 15 is 0 Å². The number of amides is 1. The molecule has 2 saturated heterocycles. The Morgan fingerprint density at radius 2 is 1.94 bits per heavy atom. The number of aromatic amines is 1. The maximum atomic E-state index is 13.7. The molecule has 2 fully saturated rings. The normalized spacial score (nSPS) is 18.2. The summed E-state index contributed by atoms with van der Waals surface area (Å²) >= 11 is 0. The summed E-state index contributed by atoms with van der Waals surface area (Å²) in [6.45, 7) is 7.44. The molecule has 5 heterocycles. The Hall–Kier alpha value is -3.47. The van der Waals surface area contributed by atoms with Gasteiger partial charge in [0, 0.05) is 49.4 Å². The van der Waals surface area contributed by atoms with Gasteiger partial charge >= 0.3 is 0 Å². The van der Waals surface area contributed by atoms with Crippen LogP contribution in [0, 0.1) is 6.92 Å². The third kappa shape index (κ3) is 4.11. The first kappa shape index (κ1) is 23.0. The van der Waals surface area contributed by atoms with Crippen LogP contribution >= 0.6 is 0 Å². The van der Waals surface area contributed by atoms with Gasteiger partial charge in [0.05, 0.1) is 56.4 Å². The summed E-state index contributed by atoms with van der Waals surface area (Å²) < 4.78 is 16.4. The van der Waals surface area contributed by atoms with Gasteiger partial charge in [-0.25, -0.2) is 4.98 Å². The number of benzene rings is 1. The minimum absolute atomic E-state index is 0.197. The monoisotopic (exact) mass is 491 g/mol. The van der Waals surface area contributed by atoms with Crippen LogP contribution in [0.25, 0.3) is 10.9 Å². The summed E-state index contributed by atoms with van der Waals surface area (Å²) in [4.78, 5) is 38.0. The average Bonchev–Trinajstić information content (AvgIpc) is 3.24. The van der Waals surface area contributed by atoms with E-state index in [1.807, 2.05) is 19.1 Å². The first-order valence-corrected chi connectivity index (χ1v) is 12.2. The van der Waals surface area contributed by atoms with Gasteiger partial charge in [-0.3, -0.25) is 14.5 Å². The highest BCUT2D eigenvalue weighted by molar-refractivity contribution is 6.09. The first-order chi connectivity index (χ1) is 17.5. The molecule has 3 aromatic rings. The molecule has 0 saturated carbocycles.